The molecule has 0 bridgehead atoms. The summed E-state index contributed by atoms with van der Waals surface area (Å²) >= 11 is 1.32. The lowest BCUT2D eigenvalue weighted by molar-refractivity contribution is -0.115. The van der Waals surface area contributed by atoms with E-state index in [1.807, 2.05) is 37.3 Å². The third-order valence-electron chi connectivity index (χ3n) is 4.71. The summed E-state index contributed by atoms with van der Waals surface area (Å²) in [5, 5.41) is 11.6. The van der Waals surface area contributed by atoms with Crippen LogP contribution in [0.4, 0.5) is 10.1 Å². The molecule has 8 heteroatoms. The fourth-order valence-electron chi connectivity index (χ4n) is 3.30. The Labute approximate surface area is 171 Å². The molecule has 1 aromatic carbocycles. The lowest BCUT2D eigenvalue weighted by Gasteiger charge is -2.15. The van der Waals surface area contributed by atoms with E-state index in [2.05, 4.69) is 15.5 Å². The van der Waals surface area contributed by atoms with Crippen LogP contribution in [0.5, 0.6) is 0 Å². The Balaban J connectivity index is 1.68. The number of anilines is 1. The van der Waals surface area contributed by atoms with Gasteiger partial charge in [-0.1, -0.05) is 37.7 Å². The molecule has 3 heterocycles. The standard InChI is InChI=1S/C21H21FN4O2S/c1-4-18(20(27)23-14-9-7-6-8-13(14)22)29-21-16-11-17-15(10-12(3)28-17)26(16)19(5-2)24-25-21/h6-11,18H,4-5H2,1-3H3,(H,23,27)/t18-/m1/s1. The summed E-state index contributed by atoms with van der Waals surface area (Å²) in [6.45, 7) is 5.84. The summed E-state index contributed by atoms with van der Waals surface area (Å²) in [6, 6.07) is 10.0. The Hall–Kier alpha value is -2.87. The highest BCUT2D eigenvalue weighted by atomic mass is 32.2. The van der Waals surface area contributed by atoms with Crippen LogP contribution in [0.15, 0.2) is 45.8 Å². The van der Waals surface area contributed by atoms with Gasteiger partial charge < -0.3 is 9.73 Å². The molecule has 0 fully saturated rings. The number of aryl methyl sites for hydroxylation is 2. The molecule has 0 aliphatic heterocycles. The lowest BCUT2D eigenvalue weighted by atomic mass is 10.2. The van der Waals surface area contributed by atoms with E-state index in [9.17, 15) is 9.18 Å². The van der Waals surface area contributed by atoms with Crippen LogP contribution in [0.1, 0.15) is 31.9 Å². The van der Waals surface area contributed by atoms with E-state index in [0.717, 1.165) is 28.2 Å². The number of rotatable bonds is 6. The minimum absolute atomic E-state index is 0.171. The second kappa shape index (κ2) is 7.87. The average Bonchev–Trinajstić information content (AvgIpc) is 3.24. The molecule has 0 spiro atoms. The van der Waals surface area contributed by atoms with E-state index in [4.69, 9.17) is 4.42 Å². The number of fused-ring (bicyclic) bond motifs is 3. The van der Waals surface area contributed by atoms with Gasteiger partial charge in [-0.15, -0.1) is 10.2 Å². The van der Waals surface area contributed by atoms with Gasteiger partial charge in [0.25, 0.3) is 0 Å². The Morgan fingerprint density at radius 3 is 2.76 bits per heavy atom. The number of nitrogens with zero attached hydrogens (tertiary/aromatic N) is 3. The van der Waals surface area contributed by atoms with Gasteiger partial charge in [0.2, 0.25) is 5.91 Å². The third-order valence-corrected chi connectivity index (χ3v) is 6.06. The van der Waals surface area contributed by atoms with Gasteiger partial charge in [-0.2, -0.15) is 0 Å². The first-order valence-electron chi connectivity index (χ1n) is 9.51. The van der Waals surface area contributed by atoms with E-state index < -0.39 is 11.1 Å². The van der Waals surface area contributed by atoms with Crippen molar-refractivity contribution >= 4 is 40.0 Å². The molecule has 0 saturated carbocycles. The van der Waals surface area contributed by atoms with E-state index in [-0.39, 0.29) is 11.6 Å². The van der Waals surface area contributed by atoms with Crippen molar-refractivity contribution < 1.29 is 13.6 Å². The zero-order chi connectivity index (χ0) is 20.5. The summed E-state index contributed by atoms with van der Waals surface area (Å²) in [5.41, 5.74) is 2.73. The molecule has 29 heavy (non-hydrogen) atoms. The van der Waals surface area contributed by atoms with Crippen molar-refractivity contribution in [2.75, 3.05) is 5.32 Å². The summed E-state index contributed by atoms with van der Waals surface area (Å²) in [6.07, 6.45) is 1.28. The van der Waals surface area contributed by atoms with E-state index in [1.54, 1.807) is 18.2 Å². The molecule has 0 saturated heterocycles. The van der Waals surface area contributed by atoms with Gasteiger partial charge in [-0.25, -0.2) is 4.39 Å². The topological polar surface area (TPSA) is 72.4 Å². The van der Waals surface area contributed by atoms with Crippen LogP contribution < -0.4 is 5.32 Å². The van der Waals surface area contributed by atoms with Crippen LogP contribution in [0.3, 0.4) is 0 Å². The van der Waals surface area contributed by atoms with Gasteiger partial charge in [-0.3, -0.25) is 9.20 Å². The summed E-state index contributed by atoms with van der Waals surface area (Å²) in [5.74, 6) is 0.919. The lowest BCUT2D eigenvalue weighted by Crippen LogP contribution is -2.25. The van der Waals surface area contributed by atoms with Crippen molar-refractivity contribution in [2.24, 2.45) is 0 Å². The van der Waals surface area contributed by atoms with Crippen molar-refractivity contribution in [1.82, 2.24) is 14.6 Å². The van der Waals surface area contributed by atoms with Crippen molar-refractivity contribution in [1.29, 1.82) is 0 Å². The van der Waals surface area contributed by atoms with Gasteiger partial charge >= 0.3 is 0 Å². The van der Waals surface area contributed by atoms with E-state index >= 15 is 0 Å². The molecule has 4 rings (SSSR count). The maximum atomic E-state index is 13.9. The van der Waals surface area contributed by atoms with Crippen LogP contribution in [0.25, 0.3) is 16.6 Å². The summed E-state index contributed by atoms with van der Waals surface area (Å²) < 4.78 is 21.7. The zero-order valence-corrected chi connectivity index (χ0v) is 17.2. The van der Waals surface area contributed by atoms with E-state index in [1.165, 1.54) is 17.8 Å². The average molecular weight is 412 g/mol. The maximum absolute atomic E-state index is 13.9. The second-order valence-corrected chi connectivity index (χ2v) is 7.92. The van der Waals surface area contributed by atoms with Crippen molar-refractivity contribution in [3.63, 3.8) is 0 Å². The number of aromatic nitrogens is 3. The molecule has 0 aliphatic rings. The number of hydrogen-bond donors (Lipinski definition) is 1. The smallest absolute Gasteiger partial charge is 0.237 e. The third kappa shape index (κ3) is 3.60. The predicted octanol–water partition coefficient (Wildman–Crippen LogP) is 4.99. The van der Waals surface area contributed by atoms with Crippen LogP contribution in [-0.4, -0.2) is 25.8 Å². The minimum Gasteiger partial charge on any atom is -0.460 e. The largest absolute Gasteiger partial charge is 0.460 e. The van der Waals surface area contributed by atoms with Crippen LogP contribution >= 0.6 is 11.8 Å². The second-order valence-electron chi connectivity index (χ2n) is 6.73. The van der Waals surface area contributed by atoms with Gasteiger partial charge in [0, 0.05) is 18.6 Å². The number of halogens is 1. The first kappa shape index (κ1) is 19.4. The molecular weight excluding hydrogens is 391 g/mol. The van der Waals surface area contributed by atoms with Crippen molar-refractivity contribution in [2.45, 2.75) is 43.9 Å². The van der Waals surface area contributed by atoms with Gasteiger partial charge in [0.15, 0.2) is 5.58 Å². The van der Waals surface area contributed by atoms with Gasteiger partial charge in [0.1, 0.15) is 22.4 Å². The minimum atomic E-state index is -0.461. The highest BCUT2D eigenvalue weighted by molar-refractivity contribution is 8.00. The number of thioether (sulfide) groups is 1. The van der Waals surface area contributed by atoms with Gasteiger partial charge in [0.05, 0.1) is 22.0 Å². The SMILES string of the molecule is CCc1nnc(S[C@H](CC)C(=O)Nc2ccccc2F)c2cc3oc(C)cc3n12. The molecule has 3 aromatic heterocycles. The number of carbonyl (C=O) groups is 1. The quantitative estimate of drug-likeness (QED) is 0.452. The number of nitrogens with one attached hydrogen (secondary N) is 1. The Kier molecular flexibility index (Phi) is 5.27. The fourth-order valence-corrected chi connectivity index (χ4v) is 4.26. The number of carbonyl (C=O) groups excluding carboxylic acids is 1. The van der Waals surface area contributed by atoms with Crippen LogP contribution in [0.2, 0.25) is 0 Å². The van der Waals surface area contributed by atoms with Crippen molar-refractivity contribution in [3.05, 3.63) is 53.8 Å². The zero-order valence-electron chi connectivity index (χ0n) is 16.4. The molecular formula is C21H21FN4O2S. The Bertz CT molecular complexity index is 1200. The Morgan fingerprint density at radius 2 is 2.03 bits per heavy atom. The van der Waals surface area contributed by atoms with Crippen LogP contribution in [-0.2, 0) is 11.2 Å². The summed E-state index contributed by atoms with van der Waals surface area (Å²) in [4.78, 5) is 12.8. The van der Waals surface area contributed by atoms with Crippen molar-refractivity contribution in [3.8, 4) is 0 Å². The Morgan fingerprint density at radius 1 is 1.24 bits per heavy atom. The molecule has 150 valence electrons. The first-order chi connectivity index (χ1) is 14.0. The monoisotopic (exact) mass is 412 g/mol. The molecule has 1 atom stereocenters. The van der Waals surface area contributed by atoms with Gasteiger partial charge in [-0.05, 0) is 25.5 Å². The molecule has 0 unspecified atom stereocenters. The molecule has 1 N–H and O–H groups in total. The molecule has 0 radical (unpaired) electrons. The van der Waals surface area contributed by atoms with E-state index in [0.29, 0.717) is 17.9 Å². The fraction of sp³-hybridized carbons (Fsp3) is 0.286. The van der Waals surface area contributed by atoms with Crippen LogP contribution in [0, 0.1) is 12.7 Å². The first-order valence-corrected chi connectivity index (χ1v) is 10.4. The maximum Gasteiger partial charge on any atom is 0.237 e. The molecule has 6 nitrogen and oxygen atoms in total. The highest BCUT2D eigenvalue weighted by Crippen LogP contribution is 2.33. The number of amides is 1. The highest BCUT2D eigenvalue weighted by Gasteiger charge is 2.23. The normalized spacial score (nSPS) is 12.6. The molecule has 0 aliphatic carbocycles. The summed E-state index contributed by atoms with van der Waals surface area (Å²) in [7, 11) is 0. The predicted molar refractivity (Wildman–Crippen MR) is 112 cm³/mol. The number of para-hydroxylation sites is 1. The number of benzene rings is 1. The number of hydrogen-bond acceptors (Lipinski definition) is 5. The molecule has 4 aromatic rings. The number of furan rings is 1. The molecule has 1 amide bonds.